The molecular weight excluding hydrogens is 438 g/mol. The molecule has 0 fully saturated rings. The number of nitrogens with one attached hydrogen (secondary N) is 3. The number of Topliss-reactive ketones (excluding diaryl/α,β-unsaturated/α-hetero) is 1. The maximum Gasteiger partial charge on any atom is 0.237 e. The molecule has 0 aliphatic carbocycles. The maximum atomic E-state index is 12.7. The van der Waals surface area contributed by atoms with Gasteiger partial charge in [-0.3, -0.25) is 9.59 Å². The van der Waals surface area contributed by atoms with Crippen molar-refractivity contribution in [2.45, 2.75) is 30.4 Å². The van der Waals surface area contributed by atoms with Crippen LogP contribution in [0.1, 0.15) is 30.6 Å². The Morgan fingerprint density at radius 2 is 1.47 bits per heavy atom. The molecule has 0 heterocycles. The third-order valence-corrected chi connectivity index (χ3v) is 6.19. The van der Waals surface area contributed by atoms with Crippen LogP contribution < -0.4 is 16.0 Å². The molecular formula is C25H25N3O2S2. The van der Waals surface area contributed by atoms with Gasteiger partial charge in [0.15, 0.2) is 10.9 Å². The molecule has 32 heavy (non-hydrogen) atoms. The first kappa shape index (κ1) is 23.5. The zero-order valence-corrected chi connectivity index (χ0v) is 19.6. The molecule has 5 nitrogen and oxygen atoms in total. The second-order valence-electron chi connectivity index (χ2n) is 7.11. The van der Waals surface area contributed by atoms with Gasteiger partial charge < -0.3 is 16.0 Å². The van der Waals surface area contributed by atoms with Crippen LogP contribution in [0.3, 0.4) is 0 Å². The summed E-state index contributed by atoms with van der Waals surface area (Å²) in [6.07, 6.45) is 0.706. The second-order valence-corrected chi connectivity index (χ2v) is 8.79. The third-order valence-electron chi connectivity index (χ3n) is 4.62. The van der Waals surface area contributed by atoms with Crippen LogP contribution in [0.25, 0.3) is 0 Å². The number of ketones is 1. The molecule has 0 radical (unpaired) electrons. The van der Waals surface area contributed by atoms with E-state index in [4.69, 9.17) is 12.2 Å². The number of para-hydroxylation sites is 1. The van der Waals surface area contributed by atoms with Crippen molar-refractivity contribution in [3.05, 3.63) is 84.4 Å². The summed E-state index contributed by atoms with van der Waals surface area (Å²) in [4.78, 5) is 25.0. The van der Waals surface area contributed by atoms with Crippen LogP contribution in [-0.2, 0) is 4.79 Å². The minimum atomic E-state index is -0.213. The van der Waals surface area contributed by atoms with Crippen LogP contribution in [0.2, 0.25) is 0 Å². The number of amides is 1. The van der Waals surface area contributed by atoms with E-state index in [9.17, 15) is 9.59 Å². The predicted molar refractivity (Wildman–Crippen MR) is 138 cm³/mol. The summed E-state index contributed by atoms with van der Waals surface area (Å²) in [5.74, 6) is 0.00246. The van der Waals surface area contributed by atoms with E-state index in [0.29, 0.717) is 17.1 Å². The Bertz CT molecular complexity index is 1090. The fourth-order valence-corrected chi connectivity index (χ4v) is 4.21. The number of anilines is 3. The summed E-state index contributed by atoms with van der Waals surface area (Å²) in [5.41, 5.74) is 3.06. The molecule has 3 rings (SSSR count). The number of rotatable bonds is 8. The first-order valence-electron chi connectivity index (χ1n) is 10.3. The van der Waals surface area contributed by atoms with E-state index in [2.05, 4.69) is 16.0 Å². The molecule has 1 atom stereocenters. The van der Waals surface area contributed by atoms with Crippen molar-refractivity contribution in [2.75, 3.05) is 16.0 Å². The smallest absolute Gasteiger partial charge is 0.237 e. The third kappa shape index (κ3) is 6.93. The normalized spacial score (nSPS) is 11.3. The predicted octanol–water partition coefficient (Wildman–Crippen LogP) is 6.21. The van der Waals surface area contributed by atoms with Crippen molar-refractivity contribution in [2.24, 2.45) is 0 Å². The van der Waals surface area contributed by atoms with Crippen molar-refractivity contribution >= 4 is 57.8 Å². The summed E-state index contributed by atoms with van der Waals surface area (Å²) >= 11 is 6.93. The van der Waals surface area contributed by atoms with Crippen molar-refractivity contribution < 1.29 is 9.59 Å². The Morgan fingerprint density at radius 1 is 0.844 bits per heavy atom. The molecule has 164 valence electrons. The van der Waals surface area contributed by atoms with Crippen LogP contribution >= 0.6 is 24.0 Å². The van der Waals surface area contributed by atoms with Crippen LogP contribution in [-0.4, -0.2) is 22.1 Å². The lowest BCUT2D eigenvalue weighted by Gasteiger charge is -2.16. The van der Waals surface area contributed by atoms with E-state index in [1.807, 2.05) is 73.7 Å². The average Bonchev–Trinajstić information content (AvgIpc) is 2.78. The first-order valence-corrected chi connectivity index (χ1v) is 11.5. The number of benzene rings is 3. The lowest BCUT2D eigenvalue weighted by Crippen LogP contribution is -2.24. The van der Waals surface area contributed by atoms with E-state index >= 15 is 0 Å². The Kier molecular flexibility index (Phi) is 8.41. The van der Waals surface area contributed by atoms with Gasteiger partial charge in [-0.05, 0) is 80.2 Å². The van der Waals surface area contributed by atoms with Crippen molar-refractivity contribution in [3.63, 3.8) is 0 Å². The summed E-state index contributed by atoms with van der Waals surface area (Å²) in [7, 11) is 0. The van der Waals surface area contributed by atoms with Gasteiger partial charge in [0.05, 0.1) is 5.25 Å². The molecule has 7 heteroatoms. The van der Waals surface area contributed by atoms with Gasteiger partial charge in [-0.2, -0.15) is 0 Å². The lowest BCUT2D eigenvalue weighted by atomic mass is 10.1. The second kappa shape index (κ2) is 11.5. The molecule has 0 saturated carbocycles. The van der Waals surface area contributed by atoms with E-state index in [1.165, 1.54) is 18.7 Å². The zero-order chi connectivity index (χ0) is 22.9. The van der Waals surface area contributed by atoms with Crippen LogP contribution in [0.5, 0.6) is 0 Å². The van der Waals surface area contributed by atoms with Gasteiger partial charge in [0.25, 0.3) is 0 Å². The Hall–Kier alpha value is -3.16. The minimum absolute atomic E-state index is 0.0201. The fourth-order valence-electron chi connectivity index (χ4n) is 2.96. The van der Waals surface area contributed by atoms with Crippen molar-refractivity contribution in [1.82, 2.24) is 0 Å². The molecule has 1 amide bonds. The van der Waals surface area contributed by atoms with E-state index in [1.54, 1.807) is 12.1 Å². The number of carbonyl (C=O) groups excluding carboxylic acids is 2. The topological polar surface area (TPSA) is 70.2 Å². The molecule has 1 unspecified atom stereocenters. The molecule has 0 aliphatic rings. The summed E-state index contributed by atoms with van der Waals surface area (Å²) in [6.45, 7) is 3.54. The summed E-state index contributed by atoms with van der Waals surface area (Å²) in [5, 5.41) is 9.48. The van der Waals surface area contributed by atoms with Gasteiger partial charge >= 0.3 is 0 Å². The van der Waals surface area contributed by atoms with Gasteiger partial charge in [-0.1, -0.05) is 31.2 Å². The monoisotopic (exact) mass is 463 g/mol. The van der Waals surface area contributed by atoms with E-state index in [0.717, 1.165) is 22.0 Å². The van der Waals surface area contributed by atoms with Crippen molar-refractivity contribution in [1.29, 1.82) is 0 Å². The van der Waals surface area contributed by atoms with Crippen LogP contribution in [0.4, 0.5) is 17.1 Å². The Balaban J connectivity index is 1.59. The lowest BCUT2D eigenvalue weighted by molar-refractivity contribution is -0.115. The van der Waals surface area contributed by atoms with Crippen LogP contribution in [0, 0.1) is 0 Å². The number of hydrogen-bond acceptors (Lipinski definition) is 4. The van der Waals surface area contributed by atoms with Crippen LogP contribution in [0.15, 0.2) is 83.8 Å². The van der Waals surface area contributed by atoms with Gasteiger partial charge in [0.1, 0.15) is 0 Å². The SMILES string of the molecule is CCC(Sc1cccc(NC(=S)Nc2ccc(C(C)=O)cc2)c1)C(=O)Nc1ccccc1. The summed E-state index contributed by atoms with van der Waals surface area (Å²) in [6, 6.07) is 24.4. The molecule has 0 spiro atoms. The highest BCUT2D eigenvalue weighted by molar-refractivity contribution is 8.00. The number of carbonyl (C=O) groups is 2. The number of thiocarbonyl (C=S) groups is 1. The molecule has 3 aromatic rings. The Morgan fingerprint density at radius 3 is 2.12 bits per heavy atom. The quantitative estimate of drug-likeness (QED) is 0.210. The zero-order valence-electron chi connectivity index (χ0n) is 17.9. The molecule has 3 N–H and O–H groups in total. The largest absolute Gasteiger partial charge is 0.332 e. The molecule has 0 bridgehead atoms. The first-order chi connectivity index (χ1) is 15.4. The maximum absolute atomic E-state index is 12.7. The van der Waals surface area contributed by atoms with Gasteiger partial charge in [0, 0.05) is 27.5 Å². The van der Waals surface area contributed by atoms with Gasteiger partial charge in [0.2, 0.25) is 5.91 Å². The average molecular weight is 464 g/mol. The van der Waals surface area contributed by atoms with Gasteiger partial charge in [-0.15, -0.1) is 11.8 Å². The standard InChI is InChI=1S/C25H25N3O2S2/c1-3-23(24(30)26-19-8-5-4-6-9-19)32-22-11-7-10-21(16-22)28-25(31)27-20-14-12-18(13-15-20)17(2)29/h4-16,23H,3H2,1-2H3,(H,26,30)(H2,27,28,31). The molecule has 0 aliphatic heterocycles. The number of hydrogen-bond donors (Lipinski definition) is 3. The van der Waals surface area contributed by atoms with Gasteiger partial charge in [-0.25, -0.2) is 0 Å². The molecule has 3 aromatic carbocycles. The molecule has 0 saturated heterocycles. The van der Waals surface area contributed by atoms with E-state index in [-0.39, 0.29) is 16.9 Å². The summed E-state index contributed by atoms with van der Waals surface area (Å²) < 4.78 is 0. The highest BCUT2D eigenvalue weighted by Gasteiger charge is 2.18. The number of thioether (sulfide) groups is 1. The molecule has 0 aromatic heterocycles. The fraction of sp³-hybridized carbons (Fsp3) is 0.160. The Labute approximate surface area is 198 Å². The van der Waals surface area contributed by atoms with Crippen molar-refractivity contribution in [3.8, 4) is 0 Å². The highest BCUT2D eigenvalue weighted by atomic mass is 32.2. The highest BCUT2D eigenvalue weighted by Crippen LogP contribution is 2.28. The van der Waals surface area contributed by atoms with E-state index < -0.39 is 0 Å². The minimum Gasteiger partial charge on any atom is -0.332 e.